The lowest BCUT2D eigenvalue weighted by atomic mass is 10.2. The summed E-state index contributed by atoms with van der Waals surface area (Å²) < 4.78 is 38.6. The van der Waals surface area contributed by atoms with Gasteiger partial charge in [-0.15, -0.1) is 23.1 Å². The van der Waals surface area contributed by atoms with E-state index in [1.807, 2.05) is 4.90 Å². The van der Waals surface area contributed by atoms with Crippen molar-refractivity contribution in [3.63, 3.8) is 0 Å². The third-order valence-electron chi connectivity index (χ3n) is 4.94. The van der Waals surface area contributed by atoms with E-state index >= 15 is 0 Å². The van der Waals surface area contributed by atoms with E-state index < -0.39 is 29.8 Å². The molecule has 3 rings (SSSR count). The second kappa shape index (κ2) is 12.1. The van der Waals surface area contributed by atoms with Gasteiger partial charge in [0.05, 0.1) is 6.54 Å². The van der Waals surface area contributed by atoms with E-state index in [0.29, 0.717) is 17.9 Å². The number of nitrogens with zero attached hydrogens (tertiary/aromatic N) is 3. The Morgan fingerprint density at radius 3 is 2.67 bits per heavy atom. The van der Waals surface area contributed by atoms with Crippen LogP contribution in [0, 0.1) is 11.3 Å². The molecule has 36 heavy (non-hydrogen) atoms. The first-order chi connectivity index (χ1) is 17.1. The van der Waals surface area contributed by atoms with Gasteiger partial charge in [-0.2, -0.15) is 18.4 Å². The Morgan fingerprint density at radius 1 is 1.28 bits per heavy atom. The lowest BCUT2D eigenvalue weighted by Gasteiger charge is -2.13. The molecule has 0 unspecified atom stereocenters. The van der Waals surface area contributed by atoms with Gasteiger partial charge in [-0.3, -0.25) is 23.9 Å². The second-order valence-electron chi connectivity index (χ2n) is 7.61. The predicted molar refractivity (Wildman–Crippen MR) is 134 cm³/mol. The van der Waals surface area contributed by atoms with E-state index in [0.717, 1.165) is 34.1 Å². The van der Waals surface area contributed by atoms with Gasteiger partial charge in [-0.25, -0.2) is 0 Å². The van der Waals surface area contributed by atoms with Gasteiger partial charge >= 0.3 is 6.18 Å². The summed E-state index contributed by atoms with van der Waals surface area (Å²) in [5, 5.41) is 16.8. The highest BCUT2D eigenvalue weighted by Gasteiger charge is 2.29. The summed E-state index contributed by atoms with van der Waals surface area (Å²) in [6.45, 7) is 1.28. The van der Waals surface area contributed by atoms with Crippen LogP contribution >= 0.6 is 23.1 Å². The Hall–Kier alpha value is -3.28. The number of benzene rings is 1. The fraction of sp³-hybridized carbons (Fsp3) is 0.364. The predicted octanol–water partition coefficient (Wildman–Crippen LogP) is 1.08. The van der Waals surface area contributed by atoms with Crippen molar-refractivity contribution < 1.29 is 22.8 Å². The molecule has 0 atom stereocenters. The van der Waals surface area contributed by atoms with Crippen LogP contribution in [0.5, 0.6) is 0 Å². The molecule has 1 aliphatic heterocycles. The summed E-state index contributed by atoms with van der Waals surface area (Å²) in [5.74, 6) is 0.458. The number of amides is 2. The molecule has 1 aromatic carbocycles. The molecule has 9 nitrogen and oxygen atoms in total. The van der Waals surface area contributed by atoms with Gasteiger partial charge in [0.2, 0.25) is 5.91 Å². The molecule has 3 N–H and O–H groups in total. The molecule has 0 aliphatic carbocycles. The number of rotatable bonds is 8. The Morgan fingerprint density at radius 2 is 2.03 bits per heavy atom. The molecule has 0 spiro atoms. The molecule has 0 saturated carbocycles. The number of aromatic nitrogens is 1. The number of hydrogen-bond acceptors (Lipinski definition) is 8. The van der Waals surface area contributed by atoms with Crippen LogP contribution in [-0.2, 0) is 16.1 Å². The molecule has 2 heterocycles. The Bertz CT molecular complexity index is 1340. The molecule has 1 aliphatic rings. The molecule has 0 bridgehead atoms. The van der Waals surface area contributed by atoms with Crippen LogP contribution in [0.25, 0.3) is 11.8 Å². The van der Waals surface area contributed by atoms with Crippen LogP contribution in [-0.4, -0.2) is 58.7 Å². The third-order valence-corrected chi connectivity index (χ3v) is 7.08. The maximum absolute atomic E-state index is 12.8. The maximum Gasteiger partial charge on any atom is 0.405 e. The quantitative estimate of drug-likeness (QED) is 0.459. The first kappa shape index (κ1) is 27.3. The lowest BCUT2D eigenvalue weighted by molar-refractivity contribution is -0.135. The molecule has 2 amide bonds. The number of thiazole rings is 1. The highest BCUT2D eigenvalue weighted by molar-refractivity contribution is 7.99. The van der Waals surface area contributed by atoms with E-state index in [4.69, 9.17) is 0 Å². The van der Waals surface area contributed by atoms with Gasteiger partial charge in [-0.05, 0) is 25.1 Å². The number of thioether (sulfide) groups is 1. The zero-order valence-electron chi connectivity index (χ0n) is 19.1. The number of carbonyl (C=O) groups is 2. The largest absolute Gasteiger partial charge is 0.405 e. The number of carbonyl (C=O) groups excluding carboxylic acids is 2. The highest BCUT2D eigenvalue weighted by Crippen LogP contribution is 2.16. The van der Waals surface area contributed by atoms with E-state index in [2.05, 4.69) is 10.6 Å². The van der Waals surface area contributed by atoms with Gasteiger partial charge in [0.25, 0.3) is 11.5 Å². The van der Waals surface area contributed by atoms with E-state index in [9.17, 15) is 32.8 Å². The fourth-order valence-electron chi connectivity index (χ4n) is 3.27. The lowest BCUT2D eigenvalue weighted by Crippen LogP contribution is -2.37. The van der Waals surface area contributed by atoms with Gasteiger partial charge in [0, 0.05) is 42.3 Å². The molecule has 192 valence electrons. The summed E-state index contributed by atoms with van der Waals surface area (Å²) in [6.07, 6.45) is -3.26. The fourth-order valence-corrected chi connectivity index (χ4v) is 5.35. The van der Waals surface area contributed by atoms with Crippen molar-refractivity contribution in [1.82, 2.24) is 14.8 Å². The molecule has 1 saturated heterocycles. The number of alkyl halides is 3. The summed E-state index contributed by atoms with van der Waals surface area (Å²) in [4.78, 5) is 39.3. The smallest absolute Gasteiger partial charge is 0.360 e. The number of halogens is 3. The van der Waals surface area contributed by atoms with Crippen molar-refractivity contribution >= 4 is 58.1 Å². The van der Waals surface area contributed by atoms with Crippen molar-refractivity contribution in [3.05, 3.63) is 43.8 Å². The number of nitriles is 1. The zero-order valence-corrected chi connectivity index (χ0v) is 20.8. The highest BCUT2D eigenvalue weighted by atomic mass is 32.2. The molecule has 14 heteroatoms. The van der Waals surface area contributed by atoms with Crippen LogP contribution in [0.3, 0.4) is 0 Å². The molecular formula is C22H23F3N6O3S2. The van der Waals surface area contributed by atoms with E-state index in [1.165, 1.54) is 6.20 Å². The summed E-state index contributed by atoms with van der Waals surface area (Å²) >= 11 is 2.58. The third kappa shape index (κ3) is 7.36. The molecular weight excluding hydrogens is 517 g/mol. The first-order valence-electron chi connectivity index (χ1n) is 10.8. The topological polar surface area (TPSA) is 119 Å². The average Bonchev–Trinajstić information content (AvgIpc) is 3.44. The van der Waals surface area contributed by atoms with Crippen LogP contribution in [0.1, 0.15) is 6.92 Å². The molecule has 1 fully saturated rings. The normalized spacial score (nSPS) is 15.4. The number of anilines is 2. The second-order valence-corrected chi connectivity index (χ2v) is 9.72. The van der Waals surface area contributed by atoms with E-state index in [-0.39, 0.29) is 21.6 Å². The van der Waals surface area contributed by atoms with Crippen molar-refractivity contribution in [2.75, 3.05) is 41.9 Å². The monoisotopic (exact) mass is 540 g/mol. The molecule has 2 aromatic rings. The Balaban J connectivity index is 1.82. The summed E-state index contributed by atoms with van der Waals surface area (Å²) in [6, 6.07) is 8.44. The van der Waals surface area contributed by atoms with Crippen molar-refractivity contribution in [1.29, 1.82) is 5.26 Å². The number of nitrogens with one attached hydrogen (secondary N) is 3. The zero-order chi connectivity index (χ0) is 26.3. The van der Waals surface area contributed by atoms with Crippen LogP contribution in [0.4, 0.5) is 24.5 Å². The Labute approximate surface area is 212 Å². The van der Waals surface area contributed by atoms with Gasteiger partial charge in [-0.1, -0.05) is 6.07 Å². The van der Waals surface area contributed by atoms with Gasteiger partial charge in [0.1, 0.15) is 21.8 Å². The van der Waals surface area contributed by atoms with Gasteiger partial charge in [0.15, 0.2) is 5.57 Å². The van der Waals surface area contributed by atoms with Crippen LogP contribution in [0.15, 0.2) is 29.1 Å². The van der Waals surface area contributed by atoms with Crippen LogP contribution in [0.2, 0.25) is 0 Å². The van der Waals surface area contributed by atoms with Crippen molar-refractivity contribution in [2.24, 2.45) is 0 Å². The SMILES string of the molecule is CCn1c(=O)/c(=C\Nc2cccc(NC(=O)CN3CCSC3)c2)s/c1=C(/C#N)C(=O)NCC(F)(F)F. The first-order valence-corrected chi connectivity index (χ1v) is 12.7. The molecule has 0 radical (unpaired) electrons. The molecule has 1 aromatic heterocycles. The van der Waals surface area contributed by atoms with E-state index in [1.54, 1.807) is 54.3 Å². The number of hydrogen-bond donors (Lipinski definition) is 3. The summed E-state index contributed by atoms with van der Waals surface area (Å²) in [5.41, 5.74) is 0.0390. The van der Waals surface area contributed by atoms with Crippen molar-refractivity contribution in [2.45, 2.75) is 19.6 Å². The summed E-state index contributed by atoms with van der Waals surface area (Å²) in [7, 11) is 0. The van der Waals surface area contributed by atoms with Crippen LogP contribution < -0.4 is 30.7 Å². The standard InChI is InChI=1S/C22H23F3N6O3S2/c1-2-31-20(34)17(36-21(31)16(9-26)19(33)28-12-22(23,24)25)10-27-14-4-3-5-15(8-14)29-18(32)11-30-6-7-35-13-30/h3-5,8,10,27H,2,6-7,11-13H2,1H3,(H,28,33)(H,29,32)/b17-10+,21-16-. The van der Waals surface area contributed by atoms with Gasteiger partial charge < -0.3 is 16.0 Å². The Kier molecular flexibility index (Phi) is 9.19. The van der Waals surface area contributed by atoms with Crippen molar-refractivity contribution in [3.8, 4) is 6.07 Å². The maximum atomic E-state index is 12.8. The minimum atomic E-state index is -4.64. The minimum Gasteiger partial charge on any atom is -0.360 e. The average molecular weight is 541 g/mol. The minimum absolute atomic E-state index is 0.0428.